The first kappa shape index (κ1) is 38.7. The van der Waals surface area contributed by atoms with Crippen molar-refractivity contribution in [3.05, 3.63) is 108 Å². The standard InChI is InChI=1S/C44H57N3O6/c1-6-23-51-43(50)45-26-31-11-9-13-34(24-31)35-14-10-15-36(25-35)42-52-39(29(2)40(53-42)33-19-17-30(28-48)18-20-33)27-47-37-16-8-7-12-32(37)21-22-38(47)41(49)46-44(3,4)5/h6,9-11,13-15,17-20,24-25,29,32,37-40,42,48H,1,7-8,12,16,21-23,26-28H2,2-5H3,(H,45,50)(H,46,49)/t29-,32-,37-,38-,39+,40+,42+/m1/s1. The molecule has 2 saturated heterocycles. The molecule has 0 radical (unpaired) electrons. The highest BCUT2D eigenvalue weighted by molar-refractivity contribution is 5.82. The van der Waals surface area contributed by atoms with Gasteiger partial charge >= 0.3 is 6.09 Å². The molecule has 3 aromatic carbocycles. The van der Waals surface area contributed by atoms with Crippen LogP contribution in [0.4, 0.5) is 4.79 Å². The molecule has 3 aliphatic rings. The number of nitrogens with zero attached hydrogens (tertiary/aromatic N) is 1. The van der Waals surface area contributed by atoms with Gasteiger partial charge < -0.3 is 30.0 Å². The summed E-state index contributed by atoms with van der Waals surface area (Å²) in [5.41, 5.74) is 5.43. The molecule has 0 unspecified atom stereocenters. The second-order valence-corrected chi connectivity index (χ2v) is 16.0. The van der Waals surface area contributed by atoms with Gasteiger partial charge in [0, 0.05) is 36.2 Å². The van der Waals surface area contributed by atoms with Crippen LogP contribution in [0.2, 0.25) is 0 Å². The van der Waals surface area contributed by atoms with E-state index < -0.39 is 12.4 Å². The Labute approximate surface area is 315 Å². The maximum absolute atomic E-state index is 13.9. The number of hydrogen-bond donors (Lipinski definition) is 3. The first-order valence-corrected chi connectivity index (χ1v) is 19.3. The van der Waals surface area contributed by atoms with Crippen LogP contribution in [0.25, 0.3) is 11.1 Å². The molecule has 0 spiro atoms. The lowest BCUT2D eigenvalue weighted by Gasteiger charge is -2.51. The predicted octanol–water partition coefficient (Wildman–Crippen LogP) is 7.99. The van der Waals surface area contributed by atoms with Gasteiger partial charge in [-0.1, -0.05) is 93.1 Å². The van der Waals surface area contributed by atoms with Crippen LogP contribution in [0.5, 0.6) is 0 Å². The second-order valence-electron chi connectivity index (χ2n) is 16.0. The monoisotopic (exact) mass is 723 g/mol. The number of piperidine rings is 1. The van der Waals surface area contributed by atoms with Crippen LogP contribution in [0.1, 0.15) is 101 Å². The molecule has 2 amide bonds. The van der Waals surface area contributed by atoms with E-state index in [9.17, 15) is 14.7 Å². The third-order valence-corrected chi connectivity index (χ3v) is 11.0. The highest BCUT2D eigenvalue weighted by atomic mass is 16.7. The van der Waals surface area contributed by atoms with Gasteiger partial charge in [0.1, 0.15) is 6.61 Å². The number of hydrogen-bond acceptors (Lipinski definition) is 7. The Balaban J connectivity index is 1.29. The Morgan fingerprint density at radius 3 is 2.40 bits per heavy atom. The summed E-state index contributed by atoms with van der Waals surface area (Å²) in [6.07, 6.45) is 6.62. The number of alkyl carbamates (subject to hydrolysis) is 1. The van der Waals surface area contributed by atoms with Crippen molar-refractivity contribution in [2.45, 2.75) is 115 Å². The maximum atomic E-state index is 13.9. The van der Waals surface area contributed by atoms with Crippen LogP contribution >= 0.6 is 0 Å². The van der Waals surface area contributed by atoms with Crippen molar-refractivity contribution in [2.24, 2.45) is 11.8 Å². The maximum Gasteiger partial charge on any atom is 0.407 e. The van der Waals surface area contributed by atoms with Crippen molar-refractivity contribution in [3.8, 4) is 11.1 Å². The molecule has 1 aliphatic carbocycles. The second kappa shape index (κ2) is 17.4. The lowest BCUT2D eigenvalue weighted by Crippen LogP contribution is -2.61. The number of carbonyl (C=O) groups is 2. The van der Waals surface area contributed by atoms with Gasteiger partial charge in [0.2, 0.25) is 5.91 Å². The van der Waals surface area contributed by atoms with E-state index in [2.05, 4.69) is 53.3 Å². The molecule has 6 rings (SSSR count). The fraction of sp³-hybridized carbons (Fsp3) is 0.500. The molecular formula is C44H57N3O6. The molecular weight excluding hydrogens is 666 g/mol. The van der Waals surface area contributed by atoms with Crippen LogP contribution in [-0.4, -0.2) is 58.9 Å². The van der Waals surface area contributed by atoms with Gasteiger partial charge in [-0.15, -0.1) is 0 Å². The summed E-state index contributed by atoms with van der Waals surface area (Å²) in [5, 5.41) is 15.8. The number of aliphatic hydroxyl groups excluding tert-OH is 1. The summed E-state index contributed by atoms with van der Waals surface area (Å²) >= 11 is 0. The van der Waals surface area contributed by atoms with Gasteiger partial charge in [0.05, 0.1) is 24.9 Å². The minimum Gasteiger partial charge on any atom is -0.445 e. The molecule has 1 saturated carbocycles. The van der Waals surface area contributed by atoms with E-state index in [4.69, 9.17) is 14.2 Å². The molecule has 0 bridgehead atoms. The number of amides is 2. The van der Waals surface area contributed by atoms with E-state index in [1.165, 1.54) is 25.3 Å². The summed E-state index contributed by atoms with van der Waals surface area (Å²) in [7, 11) is 0. The van der Waals surface area contributed by atoms with E-state index >= 15 is 0 Å². The highest BCUT2D eigenvalue weighted by Gasteiger charge is 2.46. The van der Waals surface area contributed by atoms with Gasteiger partial charge in [-0.3, -0.25) is 9.69 Å². The zero-order chi connectivity index (χ0) is 37.5. The number of carbonyl (C=O) groups excluding carboxylic acids is 2. The van der Waals surface area contributed by atoms with Gasteiger partial charge in [0.25, 0.3) is 0 Å². The Bertz CT molecular complexity index is 1700. The lowest BCUT2D eigenvalue weighted by atomic mass is 9.75. The molecule has 0 aromatic heterocycles. The zero-order valence-corrected chi connectivity index (χ0v) is 31.8. The molecule has 3 aromatic rings. The van der Waals surface area contributed by atoms with Gasteiger partial charge in [-0.05, 0) is 92.3 Å². The van der Waals surface area contributed by atoms with E-state index in [0.29, 0.717) is 25.0 Å². The first-order chi connectivity index (χ1) is 25.5. The molecule has 3 N–H and O–H groups in total. The van der Waals surface area contributed by atoms with Crippen molar-refractivity contribution < 1.29 is 28.9 Å². The minimum absolute atomic E-state index is 0.00736. The third kappa shape index (κ3) is 9.75. The fourth-order valence-corrected chi connectivity index (χ4v) is 8.35. The summed E-state index contributed by atoms with van der Waals surface area (Å²) < 4.78 is 18.9. The summed E-state index contributed by atoms with van der Waals surface area (Å²) in [6, 6.07) is 24.5. The number of likely N-dealkylation sites (tertiary alicyclic amines) is 1. The van der Waals surface area contributed by atoms with Crippen LogP contribution in [0.3, 0.4) is 0 Å². The van der Waals surface area contributed by atoms with Gasteiger partial charge in [-0.2, -0.15) is 0 Å². The van der Waals surface area contributed by atoms with Crippen molar-refractivity contribution >= 4 is 12.0 Å². The summed E-state index contributed by atoms with van der Waals surface area (Å²) in [4.78, 5) is 28.4. The minimum atomic E-state index is -0.642. The Morgan fingerprint density at radius 2 is 1.66 bits per heavy atom. The summed E-state index contributed by atoms with van der Waals surface area (Å²) in [5.74, 6) is 0.690. The van der Waals surface area contributed by atoms with Crippen molar-refractivity contribution in [1.82, 2.24) is 15.5 Å². The Morgan fingerprint density at radius 1 is 0.925 bits per heavy atom. The molecule has 2 heterocycles. The fourth-order valence-electron chi connectivity index (χ4n) is 8.35. The van der Waals surface area contributed by atoms with Crippen LogP contribution in [-0.2, 0) is 32.2 Å². The quantitative estimate of drug-likeness (QED) is 0.172. The largest absolute Gasteiger partial charge is 0.445 e. The lowest BCUT2D eigenvalue weighted by molar-refractivity contribution is -0.278. The SMILES string of the molecule is C=CCOC(=O)NCc1cccc(-c2cccc([C@H]3O[C@@H](CN4[C@@H](C(=O)NC(C)(C)C)CC[C@H]5CCCC[C@H]54)[C@@H](C)[C@@H](c4ccc(CO)cc4)O3)c2)c1. The molecule has 9 nitrogen and oxygen atoms in total. The van der Waals surface area contributed by atoms with Crippen molar-refractivity contribution in [3.63, 3.8) is 0 Å². The molecule has 284 valence electrons. The van der Waals surface area contributed by atoms with E-state index in [1.807, 2.05) is 69.3 Å². The summed E-state index contributed by atoms with van der Waals surface area (Å²) in [6.45, 7) is 13.0. The number of ether oxygens (including phenoxy) is 3. The highest BCUT2D eigenvalue weighted by Crippen LogP contribution is 2.45. The number of nitrogens with one attached hydrogen (secondary N) is 2. The molecule has 9 heteroatoms. The number of rotatable bonds is 11. The molecule has 3 fully saturated rings. The number of fused-ring (bicyclic) bond motifs is 1. The average Bonchev–Trinajstić information content (AvgIpc) is 3.16. The van der Waals surface area contributed by atoms with E-state index in [0.717, 1.165) is 52.6 Å². The average molecular weight is 724 g/mol. The molecule has 2 aliphatic heterocycles. The Kier molecular flexibility index (Phi) is 12.7. The topological polar surface area (TPSA) is 109 Å². The molecule has 53 heavy (non-hydrogen) atoms. The number of benzene rings is 3. The number of aliphatic hydroxyl groups is 1. The normalized spacial score (nSPS) is 26.2. The zero-order valence-electron chi connectivity index (χ0n) is 31.8. The van der Waals surface area contributed by atoms with Crippen molar-refractivity contribution in [2.75, 3.05) is 13.2 Å². The van der Waals surface area contributed by atoms with Crippen LogP contribution in [0.15, 0.2) is 85.5 Å². The predicted molar refractivity (Wildman–Crippen MR) is 207 cm³/mol. The van der Waals surface area contributed by atoms with Crippen LogP contribution < -0.4 is 10.6 Å². The molecule has 7 atom stereocenters. The van der Waals surface area contributed by atoms with E-state index in [1.54, 1.807) is 0 Å². The van der Waals surface area contributed by atoms with Crippen molar-refractivity contribution in [1.29, 1.82) is 0 Å². The Hall–Kier alpha value is -4.02. The van der Waals surface area contributed by atoms with Gasteiger partial charge in [0.15, 0.2) is 6.29 Å². The van der Waals surface area contributed by atoms with E-state index in [-0.39, 0.29) is 48.8 Å². The van der Waals surface area contributed by atoms with Crippen LogP contribution in [0, 0.1) is 11.8 Å². The van der Waals surface area contributed by atoms with Gasteiger partial charge in [-0.25, -0.2) is 4.79 Å². The third-order valence-electron chi connectivity index (χ3n) is 11.0. The first-order valence-electron chi connectivity index (χ1n) is 19.3. The smallest absolute Gasteiger partial charge is 0.407 e.